The summed E-state index contributed by atoms with van der Waals surface area (Å²) >= 11 is 0. The third-order valence-corrected chi connectivity index (χ3v) is 4.65. The molecule has 0 bridgehead atoms. The van der Waals surface area contributed by atoms with Gasteiger partial charge in [0.05, 0.1) is 0 Å². The van der Waals surface area contributed by atoms with Gasteiger partial charge in [0.1, 0.15) is 0 Å². The summed E-state index contributed by atoms with van der Waals surface area (Å²) in [5, 5.41) is 0. The smallest absolute Gasteiger partial charge is 0.183 e. The van der Waals surface area contributed by atoms with E-state index in [0.29, 0.717) is 0 Å². The third kappa shape index (κ3) is 20.3. The molecule has 0 spiro atoms. The first-order chi connectivity index (χ1) is 9.71. The summed E-state index contributed by atoms with van der Waals surface area (Å²) in [4.78, 5) is 0. The first-order valence-corrected chi connectivity index (χ1v) is 15.0. The van der Waals surface area contributed by atoms with Crippen molar-refractivity contribution in [1.82, 2.24) is 0 Å². The van der Waals surface area contributed by atoms with Crippen LogP contribution in [0, 0.1) is 0 Å². The van der Waals surface area contributed by atoms with Crippen molar-refractivity contribution in [3.05, 3.63) is 0 Å². The van der Waals surface area contributed by atoms with Gasteiger partial charge in [-0.2, -0.15) is 0 Å². The van der Waals surface area contributed by atoms with E-state index in [1.807, 2.05) is 0 Å². The molecule has 6 heteroatoms. The summed E-state index contributed by atoms with van der Waals surface area (Å²) in [5.41, 5.74) is 0. The van der Waals surface area contributed by atoms with Gasteiger partial charge in [0.15, 0.2) is 16.6 Å². The summed E-state index contributed by atoms with van der Waals surface area (Å²) < 4.78 is 22.6. The van der Waals surface area contributed by atoms with Crippen LogP contribution in [-0.4, -0.2) is 56.3 Å². The Hall–Kier alpha value is 0.274. The predicted molar refractivity (Wildman–Crippen MR) is 94.1 cm³/mol. The maximum Gasteiger partial charge on any atom is 0.183 e. The van der Waals surface area contributed by atoms with E-state index in [2.05, 4.69) is 39.3 Å². The van der Waals surface area contributed by atoms with E-state index in [0.717, 1.165) is 58.9 Å². The quantitative estimate of drug-likeness (QED) is 0.356. The second-order valence-corrected chi connectivity index (χ2v) is 16.2. The summed E-state index contributed by atoms with van der Waals surface area (Å²) in [6.07, 6.45) is 2.93. The molecule has 0 amide bonds. The molecule has 0 N–H and O–H groups in total. The average Bonchev–Trinajstić information content (AvgIpc) is 2.32. The molecule has 0 aliphatic heterocycles. The molecular formula is C15H36O4Si2. The Bertz CT molecular complexity index is 213. The van der Waals surface area contributed by atoms with Crippen molar-refractivity contribution < 1.29 is 18.3 Å². The van der Waals surface area contributed by atoms with Crippen molar-refractivity contribution in [2.75, 3.05) is 39.6 Å². The highest BCUT2D eigenvalue weighted by Crippen LogP contribution is 2.03. The average molecular weight is 337 g/mol. The van der Waals surface area contributed by atoms with Gasteiger partial charge in [-0.1, -0.05) is 0 Å². The molecule has 0 aromatic rings. The maximum atomic E-state index is 5.76. The SMILES string of the molecule is C[Si](C)(C)OCCCOCCCOCCCO[Si](C)(C)C. The molecule has 0 rings (SSSR count). The number of hydrogen-bond donors (Lipinski definition) is 0. The lowest BCUT2D eigenvalue weighted by Crippen LogP contribution is -2.26. The van der Waals surface area contributed by atoms with E-state index in [4.69, 9.17) is 18.3 Å². The highest BCUT2D eigenvalue weighted by molar-refractivity contribution is 6.70. The van der Waals surface area contributed by atoms with Crippen LogP contribution in [0.4, 0.5) is 0 Å². The molecule has 0 saturated heterocycles. The molecule has 0 fully saturated rings. The normalized spacial score (nSPS) is 12.9. The fraction of sp³-hybridized carbons (Fsp3) is 1.00. The van der Waals surface area contributed by atoms with Crippen LogP contribution < -0.4 is 0 Å². The standard InChI is InChI=1S/C15H36O4Si2/c1-20(2,3)18-14-8-12-16-10-7-11-17-13-9-15-19-21(4,5)6/h7-15H2,1-6H3. The van der Waals surface area contributed by atoms with Gasteiger partial charge < -0.3 is 18.3 Å². The van der Waals surface area contributed by atoms with Gasteiger partial charge >= 0.3 is 0 Å². The minimum absolute atomic E-state index is 0.776. The van der Waals surface area contributed by atoms with Gasteiger partial charge in [-0.3, -0.25) is 0 Å². The number of hydrogen-bond acceptors (Lipinski definition) is 4. The van der Waals surface area contributed by atoms with Crippen LogP contribution in [0.5, 0.6) is 0 Å². The first-order valence-electron chi connectivity index (χ1n) is 8.14. The molecular weight excluding hydrogens is 300 g/mol. The highest BCUT2D eigenvalue weighted by Gasteiger charge is 2.13. The molecule has 128 valence electrons. The van der Waals surface area contributed by atoms with Crippen LogP contribution in [-0.2, 0) is 18.3 Å². The zero-order valence-corrected chi connectivity index (χ0v) is 17.0. The van der Waals surface area contributed by atoms with E-state index in [9.17, 15) is 0 Å². The Morgan fingerprint density at radius 1 is 0.476 bits per heavy atom. The highest BCUT2D eigenvalue weighted by atomic mass is 28.4. The summed E-state index contributed by atoms with van der Waals surface area (Å²) in [6, 6.07) is 0. The molecule has 0 aromatic carbocycles. The summed E-state index contributed by atoms with van der Waals surface area (Å²) in [6.45, 7) is 18.0. The number of ether oxygens (including phenoxy) is 2. The predicted octanol–water partition coefficient (Wildman–Crippen LogP) is 3.89. The zero-order chi connectivity index (χ0) is 16.2. The lowest BCUT2D eigenvalue weighted by atomic mass is 10.4. The van der Waals surface area contributed by atoms with Crippen molar-refractivity contribution in [2.24, 2.45) is 0 Å². The van der Waals surface area contributed by atoms with Crippen molar-refractivity contribution in [1.29, 1.82) is 0 Å². The Balaban J connectivity index is 3.10. The Kier molecular flexibility index (Phi) is 11.9. The zero-order valence-electron chi connectivity index (χ0n) is 15.0. The Morgan fingerprint density at radius 2 is 0.762 bits per heavy atom. The van der Waals surface area contributed by atoms with Crippen LogP contribution in [0.1, 0.15) is 19.3 Å². The van der Waals surface area contributed by atoms with Crippen molar-refractivity contribution in [2.45, 2.75) is 58.5 Å². The monoisotopic (exact) mass is 336 g/mol. The summed E-state index contributed by atoms with van der Waals surface area (Å²) in [5.74, 6) is 0. The minimum Gasteiger partial charge on any atom is -0.418 e. The van der Waals surface area contributed by atoms with Crippen molar-refractivity contribution >= 4 is 16.6 Å². The molecule has 0 aliphatic carbocycles. The lowest BCUT2D eigenvalue weighted by Gasteiger charge is -2.17. The van der Waals surface area contributed by atoms with E-state index in [1.165, 1.54) is 0 Å². The molecule has 0 aromatic heterocycles. The van der Waals surface area contributed by atoms with Crippen LogP contribution in [0.15, 0.2) is 0 Å². The fourth-order valence-corrected chi connectivity index (χ4v) is 3.06. The van der Waals surface area contributed by atoms with Crippen LogP contribution in [0.2, 0.25) is 39.3 Å². The molecule has 0 unspecified atom stereocenters. The van der Waals surface area contributed by atoms with E-state index >= 15 is 0 Å². The second-order valence-electron chi connectivity index (χ2n) is 7.21. The Labute approximate surface area is 133 Å². The Morgan fingerprint density at radius 3 is 1.05 bits per heavy atom. The second kappa shape index (κ2) is 11.8. The molecule has 4 nitrogen and oxygen atoms in total. The van der Waals surface area contributed by atoms with Crippen molar-refractivity contribution in [3.8, 4) is 0 Å². The number of rotatable bonds is 14. The fourth-order valence-electron chi connectivity index (χ4n) is 1.55. The molecule has 0 saturated carbocycles. The van der Waals surface area contributed by atoms with E-state index in [1.54, 1.807) is 0 Å². The van der Waals surface area contributed by atoms with Gasteiger partial charge in [-0.05, 0) is 58.5 Å². The lowest BCUT2D eigenvalue weighted by molar-refractivity contribution is 0.0725. The van der Waals surface area contributed by atoms with Crippen LogP contribution >= 0.6 is 0 Å². The van der Waals surface area contributed by atoms with Gasteiger partial charge in [0.2, 0.25) is 0 Å². The van der Waals surface area contributed by atoms with Gasteiger partial charge in [0.25, 0.3) is 0 Å². The van der Waals surface area contributed by atoms with E-state index in [-0.39, 0.29) is 0 Å². The topological polar surface area (TPSA) is 36.9 Å². The summed E-state index contributed by atoms with van der Waals surface area (Å²) in [7, 11) is -2.70. The molecule has 0 heterocycles. The van der Waals surface area contributed by atoms with Gasteiger partial charge in [-0.15, -0.1) is 0 Å². The first kappa shape index (κ1) is 21.3. The van der Waals surface area contributed by atoms with Crippen LogP contribution in [0.3, 0.4) is 0 Å². The molecule has 21 heavy (non-hydrogen) atoms. The van der Waals surface area contributed by atoms with Gasteiger partial charge in [-0.25, -0.2) is 0 Å². The van der Waals surface area contributed by atoms with Gasteiger partial charge in [0, 0.05) is 39.6 Å². The van der Waals surface area contributed by atoms with Crippen LogP contribution in [0.25, 0.3) is 0 Å². The molecule has 0 radical (unpaired) electrons. The van der Waals surface area contributed by atoms with E-state index < -0.39 is 16.6 Å². The third-order valence-electron chi connectivity index (χ3n) is 2.51. The molecule has 0 aliphatic rings. The van der Waals surface area contributed by atoms with Crippen molar-refractivity contribution in [3.63, 3.8) is 0 Å². The maximum absolute atomic E-state index is 5.76. The molecule has 0 atom stereocenters. The largest absolute Gasteiger partial charge is 0.418 e. The minimum atomic E-state index is -1.35.